The Hall–Kier alpha value is -1.97. The molecule has 0 aliphatic heterocycles. The van der Waals surface area contributed by atoms with Gasteiger partial charge in [0, 0.05) is 5.56 Å². The van der Waals surface area contributed by atoms with Gasteiger partial charge in [-0.05, 0) is 47.1 Å². The zero-order valence-corrected chi connectivity index (χ0v) is 12.7. The van der Waals surface area contributed by atoms with Gasteiger partial charge >= 0.3 is 6.16 Å². The Balaban J connectivity index is 2.84. The molecule has 0 spiro atoms. The average molecular weight is 278 g/mol. The summed E-state index contributed by atoms with van der Waals surface area (Å²) in [4.78, 5) is 11.6. The third-order valence-electron chi connectivity index (χ3n) is 2.40. The summed E-state index contributed by atoms with van der Waals surface area (Å²) in [5, 5.41) is 10.1. The minimum atomic E-state index is -0.827. The van der Waals surface area contributed by atoms with Crippen molar-refractivity contribution in [2.75, 3.05) is 0 Å². The number of para-hydroxylation sites is 1. The SMILES string of the molecule is CC(C)=CCc1cccc(OC(=O)OC(C)(C)C)c1O. The second-order valence-electron chi connectivity index (χ2n) is 5.82. The summed E-state index contributed by atoms with van der Waals surface area (Å²) < 4.78 is 10.1. The predicted molar refractivity (Wildman–Crippen MR) is 78.1 cm³/mol. The van der Waals surface area contributed by atoms with Crippen molar-refractivity contribution < 1.29 is 19.4 Å². The summed E-state index contributed by atoms with van der Waals surface area (Å²) >= 11 is 0. The molecule has 20 heavy (non-hydrogen) atoms. The van der Waals surface area contributed by atoms with Gasteiger partial charge in [0.05, 0.1) is 0 Å². The number of benzene rings is 1. The van der Waals surface area contributed by atoms with E-state index in [1.807, 2.05) is 19.9 Å². The third kappa shape index (κ3) is 5.34. The van der Waals surface area contributed by atoms with Gasteiger partial charge in [-0.2, -0.15) is 0 Å². The van der Waals surface area contributed by atoms with Gasteiger partial charge in [0.1, 0.15) is 5.60 Å². The first-order valence-electron chi connectivity index (χ1n) is 6.54. The second kappa shape index (κ2) is 6.46. The van der Waals surface area contributed by atoms with Crippen LogP contribution in [0.15, 0.2) is 29.8 Å². The molecular formula is C16H22O4. The van der Waals surface area contributed by atoms with Crippen LogP contribution in [0.4, 0.5) is 4.79 Å². The standard InChI is InChI=1S/C16H22O4/c1-11(2)9-10-12-7-6-8-13(14(12)17)19-15(18)20-16(3,4)5/h6-9,17H,10H2,1-5H3. The highest BCUT2D eigenvalue weighted by atomic mass is 16.7. The second-order valence-corrected chi connectivity index (χ2v) is 5.82. The van der Waals surface area contributed by atoms with E-state index in [0.29, 0.717) is 12.0 Å². The Labute approximate surface area is 120 Å². The molecule has 4 heteroatoms. The molecule has 1 aromatic rings. The van der Waals surface area contributed by atoms with Crippen LogP contribution in [0.5, 0.6) is 11.5 Å². The van der Waals surface area contributed by atoms with E-state index in [4.69, 9.17) is 9.47 Å². The zero-order chi connectivity index (χ0) is 15.3. The molecule has 0 bridgehead atoms. The molecular weight excluding hydrogens is 256 g/mol. The van der Waals surface area contributed by atoms with Crippen molar-refractivity contribution in [2.45, 2.75) is 46.6 Å². The molecule has 0 radical (unpaired) electrons. The summed E-state index contributed by atoms with van der Waals surface area (Å²) in [6.45, 7) is 9.22. The van der Waals surface area contributed by atoms with E-state index in [1.54, 1.807) is 32.9 Å². The lowest BCUT2D eigenvalue weighted by atomic mass is 10.1. The summed E-state index contributed by atoms with van der Waals surface area (Å²) in [5.41, 5.74) is 1.22. The fourth-order valence-corrected chi connectivity index (χ4v) is 1.49. The Kier molecular flexibility index (Phi) is 5.19. The maximum atomic E-state index is 11.6. The molecule has 0 saturated carbocycles. The molecule has 110 valence electrons. The van der Waals surface area contributed by atoms with Gasteiger partial charge in [0.25, 0.3) is 0 Å². The highest BCUT2D eigenvalue weighted by Crippen LogP contribution is 2.31. The van der Waals surface area contributed by atoms with Crippen molar-refractivity contribution in [3.8, 4) is 11.5 Å². The molecule has 0 aliphatic carbocycles. The lowest BCUT2D eigenvalue weighted by Gasteiger charge is -2.19. The molecule has 0 unspecified atom stereocenters. The molecule has 4 nitrogen and oxygen atoms in total. The van der Waals surface area contributed by atoms with E-state index in [0.717, 1.165) is 5.57 Å². The molecule has 1 N–H and O–H groups in total. The summed E-state index contributed by atoms with van der Waals surface area (Å²) in [6, 6.07) is 5.05. The van der Waals surface area contributed by atoms with E-state index >= 15 is 0 Å². The van der Waals surface area contributed by atoms with E-state index in [-0.39, 0.29) is 11.5 Å². The normalized spacial score (nSPS) is 10.8. The Morgan fingerprint density at radius 2 is 1.95 bits per heavy atom. The smallest absolute Gasteiger partial charge is 0.504 e. The Morgan fingerprint density at radius 1 is 1.30 bits per heavy atom. The van der Waals surface area contributed by atoms with E-state index in [9.17, 15) is 9.90 Å². The van der Waals surface area contributed by atoms with Crippen LogP contribution in [0.25, 0.3) is 0 Å². The third-order valence-corrected chi connectivity index (χ3v) is 2.40. The number of carbonyl (C=O) groups excluding carboxylic acids is 1. The maximum absolute atomic E-state index is 11.6. The Morgan fingerprint density at radius 3 is 2.50 bits per heavy atom. The number of phenols is 1. The van der Waals surface area contributed by atoms with Crippen LogP contribution < -0.4 is 4.74 Å². The van der Waals surface area contributed by atoms with Gasteiger partial charge in [-0.1, -0.05) is 23.8 Å². The number of hydrogen-bond donors (Lipinski definition) is 1. The average Bonchev–Trinajstić information content (AvgIpc) is 2.27. The molecule has 0 aromatic heterocycles. The monoisotopic (exact) mass is 278 g/mol. The zero-order valence-electron chi connectivity index (χ0n) is 12.7. The fraction of sp³-hybridized carbons (Fsp3) is 0.438. The first kappa shape index (κ1) is 16.1. The lowest BCUT2D eigenvalue weighted by Crippen LogP contribution is -2.26. The molecule has 0 heterocycles. The van der Waals surface area contributed by atoms with Crippen molar-refractivity contribution in [1.29, 1.82) is 0 Å². The first-order valence-corrected chi connectivity index (χ1v) is 6.54. The van der Waals surface area contributed by atoms with Gasteiger partial charge in [-0.25, -0.2) is 4.79 Å². The van der Waals surface area contributed by atoms with Crippen LogP contribution in [0.2, 0.25) is 0 Å². The van der Waals surface area contributed by atoms with Gasteiger partial charge in [0.15, 0.2) is 11.5 Å². The van der Waals surface area contributed by atoms with E-state index in [1.165, 1.54) is 6.07 Å². The number of hydrogen-bond acceptors (Lipinski definition) is 4. The molecule has 0 aliphatic rings. The van der Waals surface area contributed by atoms with Gasteiger partial charge in [0.2, 0.25) is 0 Å². The van der Waals surface area contributed by atoms with E-state index < -0.39 is 11.8 Å². The van der Waals surface area contributed by atoms with Crippen molar-refractivity contribution in [2.24, 2.45) is 0 Å². The Bertz CT molecular complexity index is 506. The number of rotatable bonds is 3. The fourth-order valence-electron chi connectivity index (χ4n) is 1.49. The number of aromatic hydroxyl groups is 1. The van der Waals surface area contributed by atoms with Crippen LogP contribution in [0.3, 0.4) is 0 Å². The molecule has 1 aromatic carbocycles. The summed E-state index contributed by atoms with van der Waals surface area (Å²) in [7, 11) is 0. The number of allylic oxidation sites excluding steroid dienone is 2. The van der Waals surface area contributed by atoms with Crippen molar-refractivity contribution in [3.63, 3.8) is 0 Å². The lowest BCUT2D eigenvalue weighted by molar-refractivity contribution is 0.0200. The highest BCUT2D eigenvalue weighted by Gasteiger charge is 2.19. The van der Waals surface area contributed by atoms with Crippen LogP contribution in [0.1, 0.15) is 40.2 Å². The molecule has 0 saturated heterocycles. The topological polar surface area (TPSA) is 55.8 Å². The van der Waals surface area contributed by atoms with Crippen LogP contribution in [-0.4, -0.2) is 16.9 Å². The minimum Gasteiger partial charge on any atom is -0.504 e. The van der Waals surface area contributed by atoms with Crippen LogP contribution in [0, 0.1) is 0 Å². The number of ether oxygens (including phenoxy) is 2. The quantitative estimate of drug-likeness (QED) is 0.511. The number of carbonyl (C=O) groups is 1. The molecule has 0 amide bonds. The van der Waals surface area contributed by atoms with Gasteiger partial charge in [-0.15, -0.1) is 0 Å². The first-order chi connectivity index (χ1) is 9.19. The summed E-state index contributed by atoms with van der Waals surface area (Å²) in [5.74, 6) is 0.0785. The predicted octanol–water partition coefficient (Wildman–Crippen LogP) is 4.21. The molecule has 0 atom stereocenters. The minimum absolute atomic E-state index is 0.0316. The van der Waals surface area contributed by atoms with Crippen molar-refractivity contribution in [1.82, 2.24) is 0 Å². The van der Waals surface area contributed by atoms with Crippen molar-refractivity contribution >= 4 is 6.16 Å². The van der Waals surface area contributed by atoms with Crippen molar-refractivity contribution in [3.05, 3.63) is 35.4 Å². The van der Waals surface area contributed by atoms with Gasteiger partial charge in [-0.3, -0.25) is 0 Å². The molecule has 1 rings (SSSR count). The summed E-state index contributed by atoms with van der Waals surface area (Å²) in [6.07, 6.45) is 1.75. The highest BCUT2D eigenvalue weighted by molar-refractivity contribution is 5.66. The molecule has 0 fully saturated rings. The largest absolute Gasteiger partial charge is 0.514 e. The van der Waals surface area contributed by atoms with E-state index in [2.05, 4.69) is 0 Å². The maximum Gasteiger partial charge on any atom is 0.514 e. The van der Waals surface area contributed by atoms with Crippen LogP contribution in [-0.2, 0) is 11.2 Å². The van der Waals surface area contributed by atoms with Crippen LogP contribution >= 0.6 is 0 Å². The number of phenolic OH excluding ortho intramolecular Hbond substituents is 1. The van der Waals surface area contributed by atoms with Gasteiger partial charge < -0.3 is 14.6 Å².